The van der Waals surface area contributed by atoms with E-state index in [1.807, 2.05) is 19.2 Å². The van der Waals surface area contributed by atoms with Crippen LogP contribution in [0.1, 0.15) is 31.5 Å². The number of thiazole rings is 1. The number of nitrogens with zero attached hydrogens (tertiary/aromatic N) is 1. The van der Waals surface area contributed by atoms with E-state index in [9.17, 15) is 4.79 Å². The lowest BCUT2D eigenvalue weighted by Gasteiger charge is -2.17. The van der Waals surface area contributed by atoms with Gasteiger partial charge >= 0.3 is 6.03 Å². The second-order valence-electron chi connectivity index (χ2n) is 4.57. The molecule has 0 fully saturated rings. The number of rotatable bonds is 5. The van der Waals surface area contributed by atoms with Gasteiger partial charge in [-0.3, -0.25) is 0 Å². The van der Waals surface area contributed by atoms with Gasteiger partial charge in [0.25, 0.3) is 0 Å². The molecular formula is C12H21N3OS. The molecule has 0 radical (unpaired) electrons. The van der Waals surface area contributed by atoms with Crippen LogP contribution in [-0.2, 0) is 6.42 Å². The Kier molecular flexibility index (Phi) is 5.41. The maximum absolute atomic E-state index is 11.5. The lowest BCUT2D eigenvalue weighted by Crippen LogP contribution is -2.43. The van der Waals surface area contributed by atoms with Crippen LogP contribution in [0.4, 0.5) is 4.79 Å². The van der Waals surface area contributed by atoms with Crippen molar-refractivity contribution in [1.29, 1.82) is 0 Å². The average Bonchev–Trinajstić information content (AvgIpc) is 2.64. The van der Waals surface area contributed by atoms with Crippen molar-refractivity contribution in [2.75, 3.05) is 6.54 Å². The summed E-state index contributed by atoms with van der Waals surface area (Å²) >= 11 is 1.64. The Hall–Kier alpha value is -1.10. The molecule has 0 saturated carbocycles. The Balaban J connectivity index is 2.20. The number of hydrogen-bond acceptors (Lipinski definition) is 3. The lowest BCUT2D eigenvalue weighted by molar-refractivity contribution is 0.234. The molecule has 17 heavy (non-hydrogen) atoms. The Labute approximate surface area is 107 Å². The van der Waals surface area contributed by atoms with E-state index in [0.717, 1.165) is 17.1 Å². The number of aromatic nitrogens is 1. The summed E-state index contributed by atoms with van der Waals surface area (Å²) in [7, 11) is 0. The quantitative estimate of drug-likeness (QED) is 0.848. The van der Waals surface area contributed by atoms with Gasteiger partial charge in [-0.05, 0) is 19.8 Å². The van der Waals surface area contributed by atoms with Crippen LogP contribution in [0.5, 0.6) is 0 Å². The van der Waals surface area contributed by atoms with E-state index in [1.54, 1.807) is 11.3 Å². The molecule has 2 amide bonds. The van der Waals surface area contributed by atoms with Crippen molar-refractivity contribution in [2.45, 2.75) is 40.2 Å². The summed E-state index contributed by atoms with van der Waals surface area (Å²) in [6, 6.07) is 0.0941. The highest BCUT2D eigenvalue weighted by Crippen LogP contribution is 2.08. The third-order valence-electron chi connectivity index (χ3n) is 2.65. The Bertz CT molecular complexity index is 362. The van der Waals surface area contributed by atoms with Gasteiger partial charge in [-0.25, -0.2) is 9.78 Å². The fourth-order valence-corrected chi connectivity index (χ4v) is 2.00. The van der Waals surface area contributed by atoms with Gasteiger partial charge in [0, 0.05) is 30.1 Å². The Morgan fingerprint density at radius 2 is 2.18 bits per heavy atom. The van der Waals surface area contributed by atoms with Crippen LogP contribution in [0.25, 0.3) is 0 Å². The van der Waals surface area contributed by atoms with Crippen LogP contribution in [0, 0.1) is 12.8 Å². The third kappa shape index (κ3) is 5.17. The van der Waals surface area contributed by atoms with Gasteiger partial charge < -0.3 is 10.6 Å². The number of carbonyl (C=O) groups excluding carboxylic acids is 1. The minimum Gasteiger partial charge on any atom is -0.338 e. The zero-order valence-corrected chi connectivity index (χ0v) is 11.7. The lowest BCUT2D eigenvalue weighted by atomic mass is 10.1. The molecule has 0 aromatic carbocycles. The average molecular weight is 255 g/mol. The standard InChI is InChI=1S/C12H21N3OS/c1-8(2)10(4)15-12(16)13-6-5-11-14-9(3)7-17-11/h7-8,10H,5-6H2,1-4H3,(H2,13,15,16)/t10-/m1/s1. The van der Waals surface area contributed by atoms with E-state index in [2.05, 4.69) is 29.5 Å². The van der Waals surface area contributed by atoms with Crippen molar-refractivity contribution in [3.05, 3.63) is 16.1 Å². The molecule has 0 saturated heterocycles. The number of nitrogens with one attached hydrogen (secondary N) is 2. The topological polar surface area (TPSA) is 54.0 Å². The second-order valence-corrected chi connectivity index (χ2v) is 5.51. The molecule has 1 heterocycles. The maximum Gasteiger partial charge on any atom is 0.315 e. The first-order valence-corrected chi connectivity index (χ1v) is 6.82. The van der Waals surface area contributed by atoms with Gasteiger partial charge in [0.05, 0.1) is 5.01 Å². The van der Waals surface area contributed by atoms with Gasteiger partial charge in [-0.2, -0.15) is 0 Å². The predicted molar refractivity (Wildman–Crippen MR) is 71.4 cm³/mol. The minimum absolute atomic E-state index is 0.0977. The second kappa shape index (κ2) is 6.59. The highest BCUT2D eigenvalue weighted by molar-refractivity contribution is 7.09. The van der Waals surface area contributed by atoms with Gasteiger partial charge in [-0.15, -0.1) is 11.3 Å². The normalized spacial score (nSPS) is 12.5. The van der Waals surface area contributed by atoms with Gasteiger partial charge in [-0.1, -0.05) is 13.8 Å². The molecule has 1 atom stereocenters. The van der Waals surface area contributed by atoms with E-state index < -0.39 is 0 Å². The largest absolute Gasteiger partial charge is 0.338 e. The van der Waals surface area contributed by atoms with E-state index in [4.69, 9.17) is 0 Å². The van der Waals surface area contributed by atoms with Crippen LogP contribution in [0.3, 0.4) is 0 Å². The third-order valence-corrected chi connectivity index (χ3v) is 3.68. The summed E-state index contributed by atoms with van der Waals surface area (Å²) in [6.07, 6.45) is 0.794. The first-order chi connectivity index (χ1) is 7.99. The fourth-order valence-electron chi connectivity index (χ4n) is 1.22. The first kappa shape index (κ1) is 14.0. The van der Waals surface area contributed by atoms with Crippen LogP contribution in [0.2, 0.25) is 0 Å². The molecule has 96 valence electrons. The molecule has 5 heteroatoms. The number of urea groups is 1. The van der Waals surface area contributed by atoms with Crippen LogP contribution < -0.4 is 10.6 Å². The molecule has 1 aromatic rings. The van der Waals surface area contributed by atoms with Crippen molar-refractivity contribution >= 4 is 17.4 Å². The van der Waals surface area contributed by atoms with Crippen LogP contribution in [-0.4, -0.2) is 23.6 Å². The highest BCUT2D eigenvalue weighted by atomic mass is 32.1. The molecule has 0 spiro atoms. The van der Waals surface area contributed by atoms with Crippen molar-refractivity contribution in [3.8, 4) is 0 Å². The summed E-state index contributed by atoms with van der Waals surface area (Å²) in [5.41, 5.74) is 1.04. The number of carbonyl (C=O) groups is 1. The Morgan fingerprint density at radius 1 is 1.47 bits per heavy atom. The number of aryl methyl sites for hydroxylation is 1. The monoisotopic (exact) mass is 255 g/mol. The fraction of sp³-hybridized carbons (Fsp3) is 0.667. The number of amides is 2. The maximum atomic E-state index is 11.5. The van der Waals surface area contributed by atoms with E-state index in [1.165, 1.54) is 0 Å². The molecular weight excluding hydrogens is 234 g/mol. The predicted octanol–water partition coefficient (Wildman–Crippen LogP) is 2.34. The molecule has 0 aliphatic heterocycles. The minimum atomic E-state index is -0.0977. The molecule has 0 aliphatic rings. The smallest absolute Gasteiger partial charge is 0.315 e. The van der Waals surface area contributed by atoms with Crippen molar-refractivity contribution in [3.63, 3.8) is 0 Å². The van der Waals surface area contributed by atoms with Crippen LogP contribution >= 0.6 is 11.3 Å². The molecule has 4 nitrogen and oxygen atoms in total. The summed E-state index contributed by atoms with van der Waals surface area (Å²) in [6.45, 7) is 8.79. The zero-order valence-electron chi connectivity index (χ0n) is 10.9. The highest BCUT2D eigenvalue weighted by Gasteiger charge is 2.09. The molecule has 0 aliphatic carbocycles. The van der Waals surface area contributed by atoms with E-state index in [0.29, 0.717) is 12.5 Å². The van der Waals surface area contributed by atoms with Crippen LogP contribution in [0.15, 0.2) is 5.38 Å². The van der Waals surface area contributed by atoms with Crippen molar-refractivity contribution in [2.24, 2.45) is 5.92 Å². The molecule has 1 rings (SSSR count). The first-order valence-electron chi connectivity index (χ1n) is 5.94. The molecule has 0 unspecified atom stereocenters. The molecule has 2 N–H and O–H groups in total. The van der Waals surface area contributed by atoms with E-state index >= 15 is 0 Å². The van der Waals surface area contributed by atoms with Gasteiger partial charge in [0.15, 0.2) is 0 Å². The summed E-state index contributed by atoms with van der Waals surface area (Å²) < 4.78 is 0. The SMILES string of the molecule is Cc1csc(CCNC(=O)N[C@H](C)C(C)C)n1. The summed E-state index contributed by atoms with van der Waals surface area (Å²) in [5.74, 6) is 0.447. The Morgan fingerprint density at radius 3 is 2.71 bits per heavy atom. The van der Waals surface area contributed by atoms with Crippen molar-refractivity contribution in [1.82, 2.24) is 15.6 Å². The zero-order chi connectivity index (χ0) is 12.8. The molecule has 1 aromatic heterocycles. The summed E-state index contributed by atoms with van der Waals surface area (Å²) in [4.78, 5) is 15.9. The number of hydrogen-bond donors (Lipinski definition) is 2. The van der Waals surface area contributed by atoms with Crippen molar-refractivity contribution < 1.29 is 4.79 Å². The summed E-state index contributed by atoms with van der Waals surface area (Å²) in [5, 5.41) is 8.84. The van der Waals surface area contributed by atoms with Gasteiger partial charge in [0.1, 0.15) is 0 Å². The van der Waals surface area contributed by atoms with E-state index in [-0.39, 0.29) is 12.1 Å². The van der Waals surface area contributed by atoms with Gasteiger partial charge in [0.2, 0.25) is 0 Å². The molecule has 0 bridgehead atoms.